The molecule has 0 fully saturated rings. The van der Waals surface area contributed by atoms with Crippen LogP contribution in [-0.2, 0) is 0 Å². The van der Waals surface area contributed by atoms with Crippen LogP contribution in [0.3, 0.4) is 0 Å². The molecule has 0 saturated carbocycles. The van der Waals surface area contributed by atoms with E-state index in [0.29, 0.717) is 0 Å². The van der Waals surface area contributed by atoms with E-state index >= 15 is 0 Å². The van der Waals surface area contributed by atoms with Gasteiger partial charge in [0, 0.05) is 11.9 Å². The minimum atomic E-state index is 0.855. The van der Waals surface area contributed by atoms with E-state index in [0.717, 1.165) is 12.6 Å². The minimum absolute atomic E-state index is 0.855. The van der Waals surface area contributed by atoms with E-state index < -0.39 is 0 Å². The Morgan fingerprint density at radius 3 is 2.82 bits per heavy atom. The second kappa shape index (κ2) is 2.99. The van der Waals surface area contributed by atoms with E-state index in [2.05, 4.69) is 29.0 Å². The predicted octanol–water partition coefficient (Wildman–Crippen LogP) is 1.33. The molecule has 0 atom stereocenters. The Morgan fingerprint density at radius 1 is 1.36 bits per heavy atom. The summed E-state index contributed by atoms with van der Waals surface area (Å²) in [6, 6.07) is 0. The van der Waals surface area contributed by atoms with Gasteiger partial charge in [0.05, 0.1) is 6.67 Å². The van der Waals surface area contributed by atoms with Crippen molar-refractivity contribution in [3.63, 3.8) is 0 Å². The lowest BCUT2D eigenvalue weighted by Gasteiger charge is -2.08. The monoisotopic (exact) mass is 150 g/mol. The molecule has 60 valence electrons. The molecule has 2 aliphatic rings. The van der Waals surface area contributed by atoms with Gasteiger partial charge in [-0.25, -0.2) is 0 Å². The van der Waals surface area contributed by atoms with Gasteiger partial charge in [0.15, 0.2) is 0 Å². The molecule has 2 heteroatoms. The van der Waals surface area contributed by atoms with Crippen molar-refractivity contribution in [3.8, 4) is 0 Å². The van der Waals surface area contributed by atoms with E-state index in [1.807, 2.05) is 0 Å². The molecule has 0 aromatic rings. The Bertz CT molecular complexity index is 186. The zero-order chi connectivity index (χ0) is 7.52. The topological polar surface area (TPSA) is 24.1 Å². The molecule has 0 aromatic heterocycles. The second-order valence-electron chi connectivity index (χ2n) is 3.24. The van der Waals surface area contributed by atoms with Gasteiger partial charge in [0.25, 0.3) is 0 Å². The first-order valence-corrected chi connectivity index (χ1v) is 4.26. The molecule has 0 bridgehead atoms. The molecule has 2 nitrogen and oxygen atoms in total. The lowest BCUT2D eigenvalue weighted by Crippen LogP contribution is -2.15. The van der Waals surface area contributed by atoms with Crippen molar-refractivity contribution in [2.75, 3.05) is 6.67 Å². The molecule has 0 saturated heterocycles. The average molecular weight is 150 g/mol. The highest BCUT2D eigenvalue weighted by atomic mass is 15.1. The van der Waals surface area contributed by atoms with Crippen LogP contribution in [-0.4, -0.2) is 6.67 Å². The zero-order valence-corrected chi connectivity index (χ0v) is 6.64. The van der Waals surface area contributed by atoms with Crippen LogP contribution in [0.5, 0.6) is 0 Å². The third kappa shape index (κ3) is 1.56. The molecule has 0 amide bonds. The average Bonchev–Trinajstić information content (AvgIpc) is 2.60. The van der Waals surface area contributed by atoms with Crippen LogP contribution < -0.4 is 10.6 Å². The molecule has 11 heavy (non-hydrogen) atoms. The van der Waals surface area contributed by atoms with Crippen LogP contribution >= 0.6 is 0 Å². The highest BCUT2D eigenvalue weighted by Crippen LogP contribution is 2.24. The normalized spacial score (nSPS) is 23.1. The van der Waals surface area contributed by atoms with Crippen LogP contribution in [0.2, 0.25) is 0 Å². The SMILES string of the molecule is C1=CCC(CC2=CNCN2)C1. The van der Waals surface area contributed by atoms with Crippen molar-refractivity contribution in [2.24, 2.45) is 5.92 Å². The summed E-state index contributed by atoms with van der Waals surface area (Å²) in [6.45, 7) is 0.912. The first-order chi connectivity index (χ1) is 5.45. The number of allylic oxidation sites excluding steroid dienone is 3. The van der Waals surface area contributed by atoms with Gasteiger partial charge in [-0.1, -0.05) is 12.2 Å². The van der Waals surface area contributed by atoms with Gasteiger partial charge in [-0.15, -0.1) is 0 Å². The lowest BCUT2D eigenvalue weighted by molar-refractivity contribution is 0.548. The molecule has 1 aliphatic heterocycles. The first-order valence-electron chi connectivity index (χ1n) is 4.26. The largest absolute Gasteiger partial charge is 0.372 e. The summed E-state index contributed by atoms with van der Waals surface area (Å²) in [6.07, 6.45) is 10.4. The summed E-state index contributed by atoms with van der Waals surface area (Å²) in [5.74, 6) is 0.855. The van der Waals surface area contributed by atoms with Gasteiger partial charge in [0.2, 0.25) is 0 Å². The summed E-state index contributed by atoms with van der Waals surface area (Å²) >= 11 is 0. The Morgan fingerprint density at radius 2 is 2.18 bits per heavy atom. The van der Waals surface area contributed by atoms with Crippen molar-refractivity contribution < 1.29 is 0 Å². The van der Waals surface area contributed by atoms with Crippen molar-refractivity contribution in [3.05, 3.63) is 24.0 Å². The third-order valence-electron chi connectivity index (χ3n) is 2.31. The van der Waals surface area contributed by atoms with Gasteiger partial charge < -0.3 is 10.6 Å². The summed E-state index contributed by atoms with van der Waals surface area (Å²) < 4.78 is 0. The van der Waals surface area contributed by atoms with Crippen LogP contribution in [0.4, 0.5) is 0 Å². The molecule has 0 aromatic carbocycles. The number of hydrogen-bond acceptors (Lipinski definition) is 2. The van der Waals surface area contributed by atoms with Crippen molar-refractivity contribution in [2.45, 2.75) is 19.3 Å². The first kappa shape index (κ1) is 6.77. The molecule has 0 unspecified atom stereocenters. The van der Waals surface area contributed by atoms with E-state index in [-0.39, 0.29) is 0 Å². The van der Waals surface area contributed by atoms with Gasteiger partial charge in [-0.3, -0.25) is 0 Å². The number of nitrogens with one attached hydrogen (secondary N) is 2. The van der Waals surface area contributed by atoms with Crippen molar-refractivity contribution >= 4 is 0 Å². The highest BCUT2D eigenvalue weighted by molar-refractivity contribution is 5.07. The van der Waals surface area contributed by atoms with Gasteiger partial charge in [0.1, 0.15) is 0 Å². The molecule has 1 heterocycles. The molecule has 1 aliphatic carbocycles. The maximum atomic E-state index is 3.31. The second-order valence-corrected chi connectivity index (χ2v) is 3.24. The van der Waals surface area contributed by atoms with E-state index in [1.54, 1.807) is 0 Å². The Kier molecular flexibility index (Phi) is 1.84. The molecule has 2 N–H and O–H groups in total. The smallest absolute Gasteiger partial charge is 0.0843 e. The Hall–Kier alpha value is -0.920. The fourth-order valence-corrected chi connectivity index (χ4v) is 1.67. The van der Waals surface area contributed by atoms with Gasteiger partial charge in [-0.2, -0.15) is 0 Å². The van der Waals surface area contributed by atoms with Gasteiger partial charge in [-0.05, 0) is 25.2 Å². The van der Waals surface area contributed by atoms with Crippen LogP contribution in [0, 0.1) is 5.92 Å². The lowest BCUT2D eigenvalue weighted by atomic mass is 10.0. The number of hydrogen-bond donors (Lipinski definition) is 2. The molecule has 2 rings (SSSR count). The zero-order valence-electron chi connectivity index (χ0n) is 6.64. The molecule has 0 radical (unpaired) electrons. The van der Waals surface area contributed by atoms with Crippen molar-refractivity contribution in [1.82, 2.24) is 10.6 Å². The maximum Gasteiger partial charge on any atom is 0.0843 e. The summed E-state index contributed by atoms with van der Waals surface area (Å²) in [7, 11) is 0. The minimum Gasteiger partial charge on any atom is -0.372 e. The quantitative estimate of drug-likeness (QED) is 0.580. The standard InChI is InChI=1S/C9H14N2/c1-2-4-8(3-1)5-9-6-10-7-11-9/h1-2,6,8,10-11H,3-5,7H2. The van der Waals surface area contributed by atoms with E-state index in [1.165, 1.54) is 25.0 Å². The van der Waals surface area contributed by atoms with Crippen LogP contribution in [0.25, 0.3) is 0 Å². The summed E-state index contributed by atoms with van der Waals surface area (Å²) in [4.78, 5) is 0. The Labute approximate surface area is 67.4 Å². The predicted molar refractivity (Wildman–Crippen MR) is 45.7 cm³/mol. The Balaban J connectivity index is 1.80. The van der Waals surface area contributed by atoms with E-state index in [9.17, 15) is 0 Å². The van der Waals surface area contributed by atoms with E-state index in [4.69, 9.17) is 0 Å². The fourth-order valence-electron chi connectivity index (χ4n) is 1.67. The molecule has 0 spiro atoms. The van der Waals surface area contributed by atoms with Crippen LogP contribution in [0.15, 0.2) is 24.0 Å². The summed E-state index contributed by atoms with van der Waals surface area (Å²) in [5.41, 5.74) is 1.37. The van der Waals surface area contributed by atoms with Crippen LogP contribution in [0.1, 0.15) is 19.3 Å². The highest BCUT2D eigenvalue weighted by Gasteiger charge is 2.13. The fraction of sp³-hybridized carbons (Fsp3) is 0.556. The summed E-state index contributed by atoms with van der Waals surface area (Å²) in [5, 5.41) is 6.46. The molecular formula is C9H14N2. The number of rotatable bonds is 2. The molecular weight excluding hydrogens is 136 g/mol. The third-order valence-corrected chi connectivity index (χ3v) is 2.31. The maximum absolute atomic E-state index is 3.31. The van der Waals surface area contributed by atoms with Crippen molar-refractivity contribution in [1.29, 1.82) is 0 Å². The van der Waals surface area contributed by atoms with Gasteiger partial charge >= 0.3 is 0 Å².